The fourth-order valence-electron chi connectivity index (χ4n) is 4.37. The average Bonchev–Trinajstić information content (AvgIpc) is 3.03. The Morgan fingerprint density at radius 3 is 2.24 bits per heavy atom. The first-order valence-corrected chi connectivity index (χ1v) is 11.9. The van der Waals surface area contributed by atoms with Crippen LogP contribution in [0, 0.1) is 19.8 Å². The number of esters is 1. The van der Waals surface area contributed by atoms with Crippen molar-refractivity contribution in [1.29, 1.82) is 0 Å². The summed E-state index contributed by atoms with van der Waals surface area (Å²) in [7, 11) is -3.86. The lowest BCUT2D eigenvalue weighted by Crippen LogP contribution is -2.45. The van der Waals surface area contributed by atoms with Crippen LogP contribution >= 0.6 is 0 Å². The normalized spacial score (nSPS) is 19.3. The van der Waals surface area contributed by atoms with E-state index >= 15 is 0 Å². The molecule has 1 amide bonds. The van der Waals surface area contributed by atoms with Crippen molar-refractivity contribution < 1.29 is 22.7 Å². The molecule has 2 saturated heterocycles. The molecule has 2 aliphatic heterocycles. The Bertz CT molecular complexity index is 863. The van der Waals surface area contributed by atoms with E-state index in [1.54, 1.807) is 20.8 Å². The SMILES string of the molecule is CCOC(=O)c1c(C)[nH]c(C)c1S(=O)(=O)N1CCC(C(=O)N2CCCCC2)CC1. The predicted molar refractivity (Wildman–Crippen MR) is 108 cm³/mol. The summed E-state index contributed by atoms with van der Waals surface area (Å²) in [6, 6.07) is 0. The largest absolute Gasteiger partial charge is 0.462 e. The Hall–Kier alpha value is -1.87. The zero-order chi connectivity index (χ0) is 21.2. The molecule has 0 saturated carbocycles. The molecule has 0 unspecified atom stereocenters. The van der Waals surface area contributed by atoms with Gasteiger partial charge in [0.15, 0.2) is 0 Å². The van der Waals surface area contributed by atoms with E-state index in [0.717, 1.165) is 25.9 Å². The van der Waals surface area contributed by atoms with Crippen LogP contribution in [0.5, 0.6) is 0 Å². The highest BCUT2D eigenvalue weighted by Gasteiger charge is 2.38. The number of nitrogens with zero attached hydrogens (tertiary/aromatic N) is 2. The van der Waals surface area contributed by atoms with Crippen LogP contribution < -0.4 is 0 Å². The van der Waals surface area contributed by atoms with Gasteiger partial charge in [0.05, 0.1) is 6.61 Å². The first kappa shape index (κ1) is 21.8. The molecule has 0 aliphatic carbocycles. The molecule has 29 heavy (non-hydrogen) atoms. The fourth-order valence-corrected chi connectivity index (χ4v) is 6.26. The third kappa shape index (κ3) is 4.35. The molecule has 9 heteroatoms. The second-order valence-corrected chi connectivity index (χ2v) is 9.74. The van der Waals surface area contributed by atoms with E-state index in [1.807, 2.05) is 4.90 Å². The van der Waals surface area contributed by atoms with Crippen LogP contribution in [0.1, 0.15) is 60.8 Å². The first-order valence-electron chi connectivity index (χ1n) is 10.4. The lowest BCUT2D eigenvalue weighted by Gasteiger charge is -2.35. The van der Waals surface area contributed by atoms with E-state index < -0.39 is 16.0 Å². The van der Waals surface area contributed by atoms with Crippen LogP contribution in [0.2, 0.25) is 0 Å². The molecule has 3 rings (SSSR count). The molecule has 1 aromatic rings. The van der Waals surface area contributed by atoms with E-state index in [-0.39, 0.29) is 42.0 Å². The number of hydrogen-bond donors (Lipinski definition) is 1. The topological polar surface area (TPSA) is 99.8 Å². The number of ether oxygens (including phenoxy) is 1. The fraction of sp³-hybridized carbons (Fsp3) is 0.700. The van der Waals surface area contributed by atoms with Crippen molar-refractivity contribution in [2.24, 2.45) is 5.92 Å². The number of carbonyl (C=O) groups excluding carboxylic acids is 2. The number of amides is 1. The summed E-state index contributed by atoms with van der Waals surface area (Å²) in [5, 5.41) is 0. The molecule has 162 valence electrons. The summed E-state index contributed by atoms with van der Waals surface area (Å²) < 4.78 is 33.1. The van der Waals surface area contributed by atoms with Gasteiger partial charge in [-0.05, 0) is 52.9 Å². The van der Waals surface area contributed by atoms with Gasteiger partial charge in [-0.2, -0.15) is 4.31 Å². The van der Waals surface area contributed by atoms with E-state index in [9.17, 15) is 18.0 Å². The Labute approximate surface area is 172 Å². The number of nitrogens with one attached hydrogen (secondary N) is 1. The molecule has 0 bridgehead atoms. The molecule has 1 aromatic heterocycles. The molecule has 0 atom stereocenters. The van der Waals surface area contributed by atoms with Crippen LogP contribution in [0.4, 0.5) is 0 Å². The molecule has 0 radical (unpaired) electrons. The zero-order valence-electron chi connectivity index (χ0n) is 17.5. The van der Waals surface area contributed by atoms with Crippen molar-refractivity contribution in [3.05, 3.63) is 17.0 Å². The Morgan fingerprint density at radius 1 is 1.03 bits per heavy atom. The minimum atomic E-state index is -3.86. The van der Waals surface area contributed by atoms with Crippen molar-refractivity contribution in [3.63, 3.8) is 0 Å². The lowest BCUT2D eigenvalue weighted by molar-refractivity contribution is -0.137. The summed E-state index contributed by atoms with van der Waals surface area (Å²) in [5.74, 6) is -0.608. The van der Waals surface area contributed by atoms with Crippen LogP contribution in [0.25, 0.3) is 0 Å². The number of sulfonamides is 1. The molecular formula is C20H31N3O5S. The van der Waals surface area contributed by atoms with E-state index in [1.165, 1.54) is 10.7 Å². The van der Waals surface area contributed by atoms with Crippen LogP contribution in [0.3, 0.4) is 0 Å². The van der Waals surface area contributed by atoms with E-state index in [2.05, 4.69) is 4.98 Å². The van der Waals surface area contributed by atoms with Gasteiger partial charge in [0, 0.05) is 43.5 Å². The van der Waals surface area contributed by atoms with Gasteiger partial charge in [-0.15, -0.1) is 0 Å². The van der Waals surface area contributed by atoms with Crippen molar-refractivity contribution in [1.82, 2.24) is 14.2 Å². The summed E-state index contributed by atoms with van der Waals surface area (Å²) in [6.07, 6.45) is 4.26. The number of rotatable bonds is 5. The number of aromatic amines is 1. The van der Waals surface area contributed by atoms with E-state index in [0.29, 0.717) is 24.2 Å². The molecule has 0 spiro atoms. The van der Waals surface area contributed by atoms with Gasteiger partial charge >= 0.3 is 5.97 Å². The van der Waals surface area contributed by atoms with Crippen molar-refractivity contribution in [2.75, 3.05) is 32.8 Å². The molecule has 2 aliphatic rings. The summed E-state index contributed by atoms with van der Waals surface area (Å²) in [4.78, 5) is 30.0. The van der Waals surface area contributed by atoms with E-state index in [4.69, 9.17) is 4.74 Å². The highest BCUT2D eigenvalue weighted by atomic mass is 32.2. The molecular weight excluding hydrogens is 394 g/mol. The van der Waals surface area contributed by atoms with Gasteiger partial charge in [-0.1, -0.05) is 0 Å². The second kappa shape index (κ2) is 8.87. The minimum absolute atomic E-state index is 0.00532. The molecule has 0 aromatic carbocycles. The smallest absolute Gasteiger partial charge is 0.341 e. The van der Waals surface area contributed by atoms with Crippen molar-refractivity contribution in [2.45, 2.75) is 57.8 Å². The molecule has 2 fully saturated rings. The standard InChI is InChI=1S/C20H31N3O5S/c1-4-28-20(25)17-14(2)21-15(3)18(17)29(26,27)23-12-8-16(9-13-23)19(24)22-10-6-5-7-11-22/h16,21H,4-13H2,1-3H3. The third-order valence-electron chi connectivity index (χ3n) is 5.87. The number of carbonyl (C=O) groups is 2. The Balaban J connectivity index is 1.75. The number of piperidine rings is 2. The molecule has 1 N–H and O–H groups in total. The molecule has 8 nitrogen and oxygen atoms in total. The number of likely N-dealkylation sites (tertiary alicyclic amines) is 1. The average molecular weight is 426 g/mol. The van der Waals surface area contributed by atoms with Crippen LogP contribution in [-0.2, 0) is 19.6 Å². The van der Waals surface area contributed by atoms with Gasteiger partial charge in [-0.25, -0.2) is 13.2 Å². The van der Waals surface area contributed by atoms with Crippen molar-refractivity contribution >= 4 is 21.9 Å². The Morgan fingerprint density at radius 2 is 1.66 bits per heavy atom. The summed E-state index contributed by atoms with van der Waals surface area (Å²) >= 11 is 0. The highest BCUT2D eigenvalue weighted by Crippen LogP contribution is 2.31. The van der Waals surface area contributed by atoms with Crippen molar-refractivity contribution in [3.8, 4) is 0 Å². The quantitative estimate of drug-likeness (QED) is 0.729. The summed E-state index contributed by atoms with van der Waals surface area (Å²) in [6.45, 7) is 7.34. The van der Waals surface area contributed by atoms with Gasteiger partial charge < -0.3 is 14.6 Å². The predicted octanol–water partition coefficient (Wildman–Crippen LogP) is 2.22. The number of hydrogen-bond acceptors (Lipinski definition) is 5. The van der Waals surface area contributed by atoms with Crippen LogP contribution in [-0.4, -0.2) is 67.3 Å². The number of aryl methyl sites for hydroxylation is 2. The van der Waals surface area contributed by atoms with Gasteiger partial charge in [-0.3, -0.25) is 4.79 Å². The summed E-state index contributed by atoms with van der Waals surface area (Å²) in [5.41, 5.74) is 0.989. The second-order valence-electron chi connectivity index (χ2n) is 7.86. The van der Waals surface area contributed by atoms with Gasteiger partial charge in [0.1, 0.15) is 10.5 Å². The first-order chi connectivity index (χ1) is 13.8. The third-order valence-corrected chi connectivity index (χ3v) is 7.94. The van der Waals surface area contributed by atoms with Gasteiger partial charge in [0.25, 0.3) is 0 Å². The number of H-pyrrole nitrogens is 1. The number of aromatic nitrogens is 1. The zero-order valence-corrected chi connectivity index (χ0v) is 18.3. The maximum absolute atomic E-state index is 13.3. The highest BCUT2D eigenvalue weighted by molar-refractivity contribution is 7.89. The lowest BCUT2D eigenvalue weighted by atomic mass is 9.95. The van der Waals surface area contributed by atoms with Crippen LogP contribution in [0.15, 0.2) is 4.90 Å². The maximum Gasteiger partial charge on any atom is 0.341 e. The Kier molecular flexibility index (Phi) is 6.68. The monoisotopic (exact) mass is 425 g/mol. The minimum Gasteiger partial charge on any atom is -0.462 e. The maximum atomic E-state index is 13.3. The molecule has 3 heterocycles. The van der Waals surface area contributed by atoms with Gasteiger partial charge in [0.2, 0.25) is 15.9 Å².